The Labute approximate surface area is 79.2 Å². The van der Waals surface area contributed by atoms with Crippen molar-refractivity contribution in [1.82, 2.24) is 9.97 Å². The molecule has 0 saturated carbocycles. The van der Waals surface area contributed by atoms with Crippen LogP contribution in [0, 0.1) is 0 Å². The molecule has 1 rings (SSSR count). The Morgan fingerprint density at radius 2 is 2.17 bits per heavy atom. The molecule has 1 atom stereocenters. The van der Waals surface area contributed by atoms with E-state index in [4.69, 9.17) is 5.11 Å². The van der Waals surface area contributed by atoms with Crippen LogP contribution in [0.5, 0.6) is 0 Å². The van der Waals surface area contributed by atoms with Gasteiger partial charge in [-0.15, -0.1) is 0 Å². The molecule has 0 aliphatic carbocycles. The molecular formula is C7H10BrN3O. The molecule has 66 valence electrons. The van der Waals surface area contributed by atoms with E-state index in [2.05, 4.69) is 31.2 Å². The Hall–Kier alpha value is -0.680. The number of halogens is 1. The van der Waals surface area contributed by atoms with E-state index in [-0.39, 0.29) is 0 Å². The van der Waals surface area contributed by atoms with Crippen molar-refractivity contribution in [3.05, 3.63) is 16.9 Å². The predicted octanol–water partition coefficient (Wildman–Crippen LogP) is 1.03. The lowest BCUT2D eigenvalue weighted by atomic mass is 10.4. The van der Waals surface area contributed by atoms with Crippen LogP contribution >= 0.6 is 15.9 Å². The monoisotopic (exact) mass is 231 g/mol. The summed E-state index contributed by atoms with van der Waals surface area (Å²) in [6.07, 6.45) is 2.91. The van der Waals surface area contributed by atoms with Crippen LogP contribution in [0.15, 0.2) is 16.9 Å². The van der Waals surface area contributed by atoms with Crippen molar-refractivity contribution >= 4 is 21.9 Å². The molecule has 0 spiro atoms. The zero-order valence-electron chi connectivity index (χ0n) is 6.66. The topological polar surface area (TPSA) is 58.0 Å². The van der Waals surface area contributed by atoms with Gasteiger partial charge in [0, 0.05) is 18.9 Å². The summed E-state index contributed by atoms with van der Waals surface area (Å²) in [6, 6.07) is 0. The molecule has 1 aromatic heterocycles. The van der Waals surface area contributed by atoms with E-state index in [1.54, 1.807) is 19.3 Å². The molecule has 0 radical (unpaired) electrons. The number of nitrogens with zero attached hydrogens (tertiary/aromatic N) is 2. The second-order valence-corrected chi connectivity index (χ2v) is 3.37. The van der Waals surface area contributed by atoms with Crippen molar-refractivity contribution in [3.63, 3.8) is 0 Å². The van der Waals surface area contributed by atoms with E-state index in [1.807, 2.05) is 0 Å². The highest BCUT2D eigenvalue weighted by Crippen LogP contribution is 2.06. The van der Waals surface area contributed by atoms with Gasteiger partial charge in [0.2, 0.25) is 5.95 Å². The summed E-state index contributed by atoms with van der Waals surface area (Å²) in [5.74, 6) is 0.527. The average Bonchev–Trinajstić information content (AvgIpc) is 2.03. The van der Waals surface area contributed by atoms with Gasteiger partial charge in [0.15, 0.2) is 0 Å². The highest BCUT2D eigenvalue weighted by Gasteiger charge is 1.97. The molecule has 1 heterocycles. The number of rotatable bonds is 3. The third-order valence-electron chi connectivity index (χ3n) is 1.18. The normalized spacial score (nSPS) is 12.6. The maximum absolute atomic E-state index is 8.94. The van der Waals surface area contributed by atoms with E-state index in [9.17, 15) is 0 Å². The Morgan fingerprint density at radius 3 is 2.67 bits per heavy atom. The third kappa shape index (κ3) is 3.15. The van der Waals surface area contributed by atoms with Gasteiger partial charge in [-0.05, 0) is 22.9 Å². The van der Waals surface area contributed by atoms with Gasteiger partial charge in [0.25, 0.3) is 0 Å². The van der Waals surface area contributed by atoms with Gasteiger partial charge in [-0.2, -0.15) is 0 Å². The average molecular weight is 232 g/mol. The van der Waals surface area contributed by atoms with Crippen LogP contribution in [-0.4, -0.2) is 27.7 Å². The van der Waals surface area contributed by atoms with Crippen LogP contribution in [-0.2, 0) is 0 Å². The maximum Gasteiger partial charge on any atom is 0.222 e. The fourth-order valence-electron chi connectivity index (χ4n) is 0.643. The van der Waals surface area contributed by atoms with Crippen LogP contribution < -0.4 is 5.32 Å². The number of hydrogen-bond acceptors (Lipinski definition) is 4. The first kappa shape index (κ1) is 9.41. The molecule has 12 heavy (non-hydrogen) atoms. The second kappa shape index (κ2) is 4.37. The molecule has 0 saturated heterocycles. The summed E-state index contributed by atoms with van der Waals surface area (Å²) >= 11 is 3.22. The van der Waals surface area contributed by atoms with Crippen LogP contribution in [0.4, 0.5) is 5.95 Å². The SMILES string of the molecule is C[C@@H](O)CNc1ncc(Br)cn1. The molecule has 5 heteroatoms. The van der Waals surface area contributed by atoms with Crippen LogP contribution in [0.2, 0.25) is 0 Å². The molecule has 0 amide bonds. The van der Waals surface area contributed by atoms with Crippen LogP contribution in [0.1, 0.15) is 6.92 Å². The van der Waals surface area contributed by atoms with Crippen molar-refractivity contribution in [2.75, 3.05) is 11.9 Å². The minimum Gasteiger partial charge on any atom is -0.392 e. The summed E-state index contributed by atoms with van der Waals surface area (Å²) < 4.78 is 0.838. The van der Waals surface area contributed by atoms with Gasteiger partial charge in [0.1, 0.15) is 0 Å². The molecule has 0 fully saturated rings. The number of aliphatic hydroxyl groups excluding tert-OH is 1. The molecule has 0 bridgehead atoms. The Balaban J connectivity index is 2.48. The molecule has 0 aliphatic rings. The zero-order valence-corrected chi connectivity index (χ0v) is 8.24. The smallest absolute Gasteiger partial charge is 0.222 e. The highest BCUT2D eigenvalue weighted by atomic mass is 79.9. The quantitative estimate of drug-likeness (QED) is 0.817. The van der Waals surface area contributed by atoms with Gasteiger partial charge in [-0.25, -0.2) is 9.97 Å². The van der Waals surface area contributed by atoms with Crippen molar-refractivity contribution in [2.24, 2.45) is 0 Å². The summed E-state index contributed by atoms with van der Waals surface area (Å²) in [4.78, 5) is 7.94. The largest absolute Gasteiger partial charge is 0.392 e. The van der Waals surface area contributed by atoms with E-state index >= 15 is 0 Å². The molecule has 0 aliphatic heterocycles. The first-order valence-corrected chi connectivity index (χ1v) is 4.37. The number of anilines is 1. The summed E-state index contributed by atoms with van der Waals surface area (Å²) in [6.45, 7) is 2.16. The van der Waals surface area contributed by atoms with Gasteiger partial charge >= 0.3 is 0 Å². The van der Waals surface area contributed by atoms with E-state index in [1.165, 1.54) is 0 Å². The van der Waals surface area contributed by atoms with E-state index in [0.29, 0.717) is 12.5 Å². The van der Waals surface area contributed by atoms with E-state index < -0.39 is 6.10 Å². The fourth-order valence-corrected chi connectivity index (χ4v) is 0.847. The predicted molar refractivity (Wildman–Crippen MR) is 49.9 cm³/mol. The van der Waals surface area contributed by atoms with Gasteiger partial charge in [0.05, 0.1) is 10.6 Å². The molecule has 1 aromatic rings. The molecular weight excluding hydrogens is 222 g/mol. The molecule has 0 unspecified atom stereocenters. The highest BCUT2D eigenvalue weighted by molar-refractivity contribution is 9.10. The number of nitrogens with one attached hydrogen (secondary N) is 1. The zero-order chi connectivity index (χ0) is 8.97. The minimum absolute atomic E-state index is 0.391. The van der Waals surface area contributed by atoms with Crippen LogP contribution in [0.25, 0.3) is 0 Å². The lowest BCUT2D eigenvalue weighted by Crippen LogP contribution is -2.16. The fraction of sp³-hybridized carbons (Fsp3) is 0.429. The standard InChI is InChI=1S/C7H10BrN3O/c1-5(12)2-9-7-10-3-6(8)4-11-7/h3-5,12H,2H2,1H3,(H,9,10,11)/t5-/m1/s1. The van der Waals surface area contributed by atoms with Crippen molar-refractivity contribution < 1.29 is 5.11 Å². The Bertz CT molecular complexity index is 237. The maximum atomic E-state index is 8.94. The number of aromatic nitrogens is 2. The van der Waals surface area contributed by atoms with Crippen LogP contribution in [0.3, 0.4) is 0 Å². The summed E-state index contributed by atoms with van der Waals surface area (Å²) in [5, 5.41) is 11.8. The second-order valence-electron chi connectivity index (χ2n) is 2.45. The molecule has 2 N–H and O–H groups in total. The minimum atomic E-state index is -0.391. The van der Waals surface area contributed by atoms with Gasteiger partial charge in [-0.3, -0.25) is 0 Å². The lowest BCUT2D eigenvalue weighted by Gasteiger charge is -2.05. The Morgan fingerprint density at radius 1 is 1.58 bits per heavy atom. The first-order chi connectivity index (χ1) is 5.68. The number of hydrogen-bond donors (Lipinski definition) is 2. The summed E-state index contributed by atoms with van der Waals surface area (Å²) in [5.41, 5.74) is 0. The lowest BCUT2D eigenvalue weighted by molar-refractivity contribution is 0.208. The third-order valence-corrected chi connectivity index (χ3v) is 1.59. The van der Waals surface area contributed by atoms with Crippen molar-refractivity contribution in [3.8, 4) is 0 Å². The molecule has 4 nitrogen and oxygen atoms in total. The van der Waals surface area contributed by atoms with Gasteiger partial charge < -0.3 is 10.4 Å². The van der Waals surface area contributed by atoms with E-state index in [0.717, 1.165) is 4.47 Å². The number of aliphatic hydroxyl groups is 1. The van der Waals surface area contributed by atoms with Crippen molar-refractivity contribution in [1.29, 1.82) is 0 Å². The van der Waals surface area contributed by atoms with Crippen molar-refractivity contribution in [2.45, 2.75) is 13.0 Å². The molecule has 0 aromatic carbocycles. The first-order valence-electron chi connectivity index (χ1n) is 3.58. The van der Waals surface area contributed by atoms with Gasteiger partial charge in [-0.1, -0.05) is 0 Å². The summed E-state index contributed by atoms with van der Waals surface area (Å²) in [7, 11) is 0. The Kier molecular flexibility index (Phi) is 3.43.